The summed E-state index contributed by atoms with van der Waals surface area (Å²) >= 11 is 1.57. The molecule has 0 radical (unpaired) electrons. The first-order valence-corrected chi connectivity index (χ1v) is 7.30. The van der Waals surface area contributed by atoms with Crippen molar-refractivity contribution in [3.63, 3.8) is 0 Å². The summed E-state index contributed by atoms with van der Waals surface area (Å²) < 4.78 is 36.6. The van der Waals surface area contributed by atoms with Crippen LogP contribution < -0.4 is 3.07 Å². The van der Waals surface area contributed by atoms with Crippen molar-refractivity contribution in [1.82, 2.24) is 0 Å². The summed E-state index contributed by atoms with van der Waals surface area (Å²) in [5.41, 5.74) is 1.56. The van der Waals surface area contributed by atoms with Gasteiger partial charge in [0.05, 0.1) is 0 Å². The van der Waals surface area contributed by atoms with Gasteiger partial charge >= 0.3 is 0 Å². The summed E-state index contributed by atoms with van der Waals surface area (Å²) in [7, 11) is -4.31. The SMILES string of the molecule is O=S(=O)(O)c1cc(-c2ccccc2)ccc1OI. The van der Waals surface area contributed by atoms with E-state index in [1.54, 1.807) is 29.1 Å². The molecule has 0 aliphatic heterocycles. The Kier molecular flexibility index (Phi) is 3.88. The Hall–Kier alpha value is -1.12. The van der Waals surface area contributed by atoms with E-state index in [-0.39, 0.29) is 10.6 Å². The molecule has 94 valence electrons. The van der Waals surface area contributed by atoms with Crippen LogP contribution in [0.3, 0.4) is 0 Å². The summed E-state index contributed by atoms with van der Waals surface area (Å²) in [4.78, 5) is -0.238. The lowest BCUT2D eigenvalue weighted by Gasteiger charge is -2.07. The van der Waals surface area contributed by atoms with Gasteiger partial charge in [0.25, 0.3) is 10.1 Å². The van der Waals surface area contributed by atoms with Crippen LogP contribution in [0.15, 0.2) is 53.4 Å². The fraction of sp³-hybridized carbons (Fsp3) is 0. The average molecular weight is 376 g/mol. The van der Waals surface area contributed by atoms with Crippen molar-refractivity contribution in [2.75, 3.05) is 0 Å². The smallest absolute Gasteiger partial charge is 0.298 e. The van der Waals surface area contributed by atoms with Gasteiger partial charge < -0.3 is 3.07 Å². The first kappa shape index (κ1) is 13.3. The van der Waals surface area contributed by atoms with Crippen LogP contribution in [0.2, 0.25) is 0 Å². The standard InChI is InChI=1S/C12H9IO4S/c13-17-11-7-6-10(8-12(11)18(14,15)16)9-4-2-1-3-5-9/h1-8H,(H,14,15,16). The molecule has 2 aromatic carbocycles. The van der Waals surface area contributed by atoms with Crippen molar-refractivity contribution in [1.29, 1.82) is 0 Å². The molecular formula is C12H9IO4S. The summed E-state index contributed by atoms with van der Waals surface area (Å²) in [5.74, 6) is 0.109. The number of hydrogen-bond donors (Lipinski definition) is 1. The summed E-state index contributed by atoms with van der Waals surface area (Å²) in [5, 5.41) is 0. The minimum Gasteiger partial charge on any atom is -0.426 e. The fourth-order valence-electron chi connectivity index (χ4n) is 1.58. The van der Waals surface area contributed by atoms with Gasteiger partial charge in [-0.1, -0.05) is 36.4 Å². The third-order valence-corrected chi connectivity index (χ3v) is 3.76. The quantitative estimate of drug-likeness (QED) is 0.660. The molecule has 0 heterocycles. The van der Waals surface area contributed by atoms with Gasteiger partial charge in [-0.15, -0.1) is 0 Å². The van der Waals surface area contributed by atoms with Crippen molar-refractivity contribution in [2.24, 2.45) is 0 Å². The van der Waals surface area contributed by atoms with E-state index in [1.165, 1.54) is 12.1 Å². The molecule has 0 fully saturated rings. The van der Waals surface area contributed by atoms with Gasteiger partial charge in [-0.3, -0.25) is 4.55 Å². The van der Waals surface area contributed by atoms with Gasteiger partial charge in [0.15, 0.2) is 28.8 Å². The maximum absolute atomic E-state index is 11.3. The van der Waals surface area contributed by atoms with Crippen molar-refractivity contribution >= 4 is 33.1 Å². The third kappa shape index (κ3) is 2.82. The molecule has 18 heavy (non-hydrogen) atoms. The second kappa shape index (κ2) is 5.25. The largest absolute Gasteiger partial charge is 0.426 e. The summed E-state index contributed by atoms with van der Waals surface area (Å²) in [6.07, 6.45) is 0. The molecule has 1 N–H and O–H groups in total. The highest BCUT2D eigenvalue weighted by Crippen LogP contribution is 2.30. The van der Waals surface area contributed by atoms with Gasteiger partial charge in [-0.25, -0.2) is 0 Å². The van der Waals surface area contributed by atoms with Crippen molar-refractivity contribution in [3.05, 3.63) is 48.5 Å². The Bertz CT molecular complexity index is 653. The molecule has 0 unspecified atom stereocenters. The van der Waals surface area contributed by atoms with Crippen molar-refractivity contribution in [3.8, 4) is 16.9 Å². The summed E-state index contributed by atoms with van der Waals surface area (Å²) in [6.45, 7) is 0. The highest BCUT2D eigenvalue weighted by molar-refractivity contribution is 14.1. The molecule has 0 aliphatic carbocycles. The summed E-state index contributed by atoms with van der Waals surface area (Å²) in [6, 6.07) is 13.9. The Morgan fingerprint density at radius 2 is 1.67 bits per heavy atom. The second-order valence-electron chi connectivity index (χ2n) is 3.58. The van der Waals surface area contributed by atoms with Crippen LogP contribution in [-0.2, 0) is 10.1 Å². The lowest BCUT2D eigenvalue weighted by molar-refractivity contribution is 0.480. The van der Waals surface area contributed by atoms with E-state index in [1.807, 2.05) is 30.3 Å². The molecule has 2 rings (SSSR count). The second-order valence-corrected chi connectivity index (χ2v) is 5.41. The van der Waals surface area contributed by atoms with Gasteiger partial charge in [0.1, 0.15) is 4.90 Å². The lowest BCUT2D eigenvalue weighted by Crippen LogP contribution is -2.00. The Balaban J connectivity index is 2.61. The van der Waals surface area contributed by atoms with Gasteiger partial charge in [0, 0.05) is 0 Å². The molecule has 0 spiro atoms. The maximum atomic E-state index is 11.3. The zero-order chi connectivity index (χ0) is 13.2. The normalized spacial score (nSPS) is 11.2. The van der Waals surface area contributed by atoms with Crippen LogP contribution in [0.25, 0.3) is 11.1 Å². The molecular weight excluding hydrogens is 367 g/mol. The van der Waals surface area contributed by atoms with Crippen LogP contribution in [0, 0.1) is 0 Å². The predicted molar refractivity (Wildman–Crippen MR) is 76.3 cm³/mol. The van der Waals surface area contributed by atoms with Crippen molar-refractivity contribution in [2.45, 2.75) is 4.90 Å². The van der Waals surface area contributed by atoms with E-state index < -0.39 is 10.1 Å². The highest BCUT2D eigenvalue weighted by Gasteiger charge is 2.17. The van der Waals surface area contributed by atoms with E-state index in [4.69, 9.17) is 7.62 Å². The Labute approximate surface area is 119 Å². The van der Waals surface area contributed by atoms with Crippen LogP contribution in [0.5, 0.6) is 5.75 Å². The van der Waals surface area contributed by atoms with Gasteiger partial charge in [-0.2, -0.15) is 8.42 Å². The molecule has 0 atom stereocenters. The Morgan fingerprint density at radius 3 is 2.22 bits per heavy atom. The molecule has 0 bridgehead atoms. The van der Waals surface area contributed by atoms with Crippen LogP contribution >= 0.6 is 23.0 Å². The van der Waals surface area contributed by atoms with E-state index in [0.717, 1.165) is 5.56 Å². The van der Waals surface area contributed by atoms with Crippen LogP contribution in [0.4, 0.5) is 0 Å². The molecule has 0 aromatic heterocycles. The minimum atomic E-state index is -4.31. The van der Waals surface area contributed by atoms with E-state index in [0.29, 0.717) is 5.56 Å². The highest BCUT2D eigenvalue weighted by atomic mass is 127. The molecule has 6 heteroatoms. The van der Waals surface area contributed by atoms with Crippen molar-refractivity contribution < 1.29 is 16.0 Å². The molecule has 0 saturated carbocycles. The zero-order valence-electron chi connectivity index (χ0n) is 9.08. The predicted octanol–water partition coefficient (Wildman–Crippen LogP) is 3.33. The number of rotatable bonds is 3. The molecule has 0 amide bonds. The Morgan fingerprint density at radius 1 is 1.00 bits per heavy atom. The first-order valence-electron chi connectivity index (χ1n) is 4.98. The van der Waals surface area contributed by atoms with Gasteiger partial charge in [0.2, 0.25) is 0 Å². The number of hydrogen-bond acceptors (Lipinski definition) is 3. The van der Waals surface area contributed by atoms with Crippen LogP contribution in [0.1, 0.15) is 0 Å². The number of halogens is 1. The first-order chi connectivity index (χ1) is 8.52. The lowest BCUT2D eigenvalue weighted by atomic mass is 10.1. The zero-order valence-corrected chi connectivity index (χ0v) is 12.1. The fourth-order valence-corrected chi connectivity index (χ4v) is 2.76. The van der Waals surface area contributed by atoms with E-state index >= 15 is 0 Å². The van der Waals surface area contributed by atoms with Crippen LogP contribution in [-0.4, -0.2) is 13.0 Å². The monoisotopic (exact) mass is 376 g/mol. The topological polar surface area (TPSA) is 63.6 Å². The average Bonchev–Trinajstić information content (AvgIpc) is 2.38. The maximum Gasteiger partial charge on any atom is 0.298 e. The van der Waals surface area contributed by atoms with E-state index in [9.17, 15) is 8.42 Å². The molecule has 2 aromatic rings. The molecule has 0 aliphatic rings. The molecule has 0 saturated heterocycles. The molecule has 4 nitrogen and oxygen atoms in total. The van der Waals surface area contributed by atoms with Gasteiger partial charge in [-0.05, 0) is 23.3 Å². The number of benzene rings is 2. The van der Waals surface area contributed by atoms with E-state index in [2.05, 4.69) is 0 Å². The minimum absolute atomic E-state index is 0.109. The third-order valence-electron chi connectivity index (χ3n) is 2.41.